The van der Waals surface area contributed by atoms with Gasteiger partial charge in [-0.05, 0) is 48.0 Å². The Kier molecular flexibility index (Phi) is 5.27. The molecule has 0 atom stereocenters. The number of hydrogen-bond acceptors (Lipinski definition) is 5. The molecule has 21 heavy (non-hydrogen) atoms. The molecule has 1 aromatic heterocycles. The molecule has 0 spiro atoms. The summed E-state index contributed by atoms with van der Waals surface area (Å²) in [5.74, 6) is 2.02. The van der Waals surface area contributed by atoms with Gasteiger partial charge in [-0.3, -0.25) is 0 Å². The summed E-state index contributed by atoms with van der Waals surface area (Å²) in [4.78, 5) is 4.25. The van der Waals surface area contributed by atoms with Crippen LogP contribution in [-0.2, 0) is 0 Å². The highest BCUT2D eigenvalue weighted by Crippen LogP contribution is 2.32. The molecule has 0 saturated carbocycles. The Hall–Kier alpha value is -1.95. The van der Waals surface area contributed by atoms with E-state index >= 15 is 0 Å². The molecule has 0 amide bonds. The summed E-state index contributed by atoms with van der Waals surface area (Å²) in [6.07, 6.45) is 1.69. The van der Waals surface area contributed by atoms with E-state index in [9.17, 15) is 0 Å². The summed E-state index contributed by atoms with van der Waals surface area (Å²) >= 11 is 3.33. The first-order valence-corrected chi connectivity index (χ1v) is 7.51. The molecular weight excluding hydrogens is 334 g/mol. The van der Waals surface area contributed by atoms with Gasteiger partial charge in [-0.25, -0.2) is 4.98 Å². The van der Waals surface area contributed by atoms with Crippen molar-refractivity contribution in [3.8, 4) is 11.5 Å². The molecule has 3 N–H and O–H groups in total. The van der Waals surface area contributed by atoms with E-state index in [1.807, 2.05) is 32.0 Å². The Labute approximate surface area is 132 Å². The number of nitrogens with one attached hydrogen (secondary N) is 1. The number of nitrogen functional groups attached to an aromatic ring is 1. The highest BCUT2D eigenvalue weighted by molar-refractivity contribution is 9.10. The lowest BCUT2D eigenvalue weighted by Crippen LogP contribution is -2.01. The number of hydrogen-bond donors (Lipinski definition) is 2. The van der Waals surface area contributed by atoms with E-state index < -0.39 is 0 Å². The Morgan fingerprint density at radius 1 is 1.14 bits per heavy atom. The molecule has 0 aliphatic heterocycles. The normalized spacial score (nSPS) is 10.2. The maximum absolute atomic E-state index is 5.93. The fourth-order valence-electron chi connectivity index (χ4n) is 1.82. The van der Waals surface area contributed by atoms with Crippen LogP contribution < -0.4 is 20.5 Å². The standard InChI is InChI=1S/C15H18BrN3O2/c1-3-20-13-6-5-11(8-14(13)21-4-2)19-15-12(17)7-10(16)9-18-15/h5-9H,3-4,17H2,1-2H3,(H,18,19). The average molecular weight is 352 g/mol. The van der Waals surface area contributed by atoms with Crippen molar-refractivity contribution in [2.24, 2.45) is 0 Å². The second-order valence-corrected chi connectivity index (χ2v) is 5.16. The zero-order valence-corrected chi connectivity index (χ0v) is 13.6. The van der Waals surface area contributed by atoms with Crippen molar-refractivity contribution < 1.29 is 9.47 Å². The summed E-state index contributed by atoms with van der Waals surface area (Å²) in [6.45, 7) is 5.04. The molecule has 0 fully saturated rings. The summed E-state index contributed by atoms with van der Waals surface area (Å²) in [6, 6.07) is 7.44. The van der Waals surface area contributed by atoms with Gasteiger partial charge in [-0.2, -0.15) is 0 Å². The van der Waals surface area contributed by atoms with Crippen LogP contribution in [0.3, 0.4) is 0 Å². The Morgan fingerprint density at radius 2 is 1.86 bits per heavy atom. The van der Waals surface area contributed by atoms with E-state index in [-0.39, 0.29) is 0 Å². The van der Waals surface area contributed by atoms with Gasteiger partial charge >= 0.3 is 0 Å². The summed E-state index contributed by atoms with van der Waals surface area (Å²) in [5, 5.41) is 3.18. The molecule has 6 heteroatoms. The molecule has 2 rings (SSSR count). The average Bonchev–Trinajstić information content (AvgIpc) is 2.45. The molecular formula is C15H18BrN3O2. The van der Waals surface area contributed by atoms with Gasteiger partial charge in [0, 0.05) is 22.4 Å². The lowest BCUT2D eigenvalue weighted by Gasteiger charge is -2.14. The lowest BCUT2D eigenvalue weighted by atomic mass is 10.2. The minimum absolute atomic E-state index is 0.566. The van der Waals surface area contributed by atoms with E-state index in [4.69, 9.17) is 15.2 Å². The second-order valence-electron chi connectivity index (χ2n) is 4.24. The number of nitrogens with zero attached hydrogens (tertiary/aromatic N) is 1. The number of halogens is 1. The maximum Gasteiger partial charge on any atom is 0.163 e. The monoisotopic (exact) mass is 351 g/mol. The summed E-state index contributed by atoms with van der Waals surface area (Å²) in [5.41, 5.74) is 7.34. The van der Waals surface area contributed by atoms with Crippen LogP contribution in [0.25, 0.3) is 0 Å². The van der Waals surface area contributed by atoms with Gasteiger partial charge in [0.15, 0.2) is 17.3 Å². The van der Waals surface area contributed by atoms with E-state index in [0.29, 0.717) is 30.5 Å². The van der Waals surface area contributed by atoms with Gasteiger partial charge in [0.05, 0.1) is 18.9 Å². The number of anilines is 3. The van der Waals surface area contributed by atoms with E-state index in [2.05, 4.69) is 26.2 Å². The van der Waals surface area contributed by atoms with Crippen LogP contribution >= 0.6 is 15.9 Å². The zero-order chi connectivity index (χ0) is 15.2. The molecule has 2 aromatic rings. The number of nitrogens with two attached hydrogens (primary N) is 1. The van der Waals surface area contributed by atoms with E-state index in [1.54, 1.807) is 12.3 Å². The van der Waals surface area contributed by atoms with Crippen molar-refractivity contribution in [1.82, 2.24) is 4.98 Å². The van der Waals surface area contributed by atoms with Crippen LogP contribution in [0.1, 0.15) is 13.8 Å². The molecule has 1 aromatic carbocycles. The lowest BCUT2D eigenvalue weighted by molar-refractivity contribution is 0.288. The minimum Gasteiger partial charge on any atom is -0.490 e. The molecule has 1 heterocycles. The van der Waals surface area contributed by atoms with E-state index in [1.165, 1.54) is 0 Å². The van der Waals surface area contributed by atoms with Crippen molar-refractivity contribution in [2.45, 2.75) is 13.8 Å². The van der Waals surface area contributed by atoms with Gasteiger partial charge in [0.25, 0.3) is 0 Å². The van der Waals surface area contributed by atoms with Crippen LogP contribution in [0, 0.1) is 0 Å². The fraction of sp³-hybridized carbons (Fsp3) is 0.267. The van der Waals surface area contributed by atoms with Crippen molar-refractivity contribution >= 4 is 33.1 Å². The molecule has 112 valence electrons. The first-order valence-electron chi connectivity index (χ1n) is 6.71. The van der Waals surface area contributed by atoms with Gasteiger partial charge in [0.2, 0.25) is 0 Å². The Morgan fingerprint density at radius 3 is 2.52 bits per heavy atom. The van der Waals surface area contributed by atoms with Gasteiger partial charge < -0.3 is 20.5 Å². The molecule has 0 aliphatic carbocycles. The first-order chi connectivity index (χ1) is 10.1. The fourth-order valence-corrected chi connectivity index (χ4v) is 2.17. The van der Waals surface area contributed by atoms with Gasteiger partial charge in [-0.1, -0.05) is 0 Å². The van der Waals surface area contributed by atoms with Crippen LogP contribution in [-0.4, -0.2) is 18.2 Å². The molecule has 0 bridgehead atoms. The first kappa shape index (κ1) is 15.4. The van der Waals surface area contributed by atoms with E-state index in [0.717, 1.165) is 15.9 Å². The molecule has 0 radical (unpaired) electrons. The third-order valence-electron chi connectivity index (χ3n) is 2.69. The van der Waals surface area contributed by atoms with Crippen molar-refractivity contribution in [2.75, 3.05) is 24.3 Å². The zero-order valence-electron chi connectivity index (χ0n) is 12.0. The number of rotatable bonds is 6. The quantitative estimate of drug-likeness (QED) is 0.823. The highest BCUT2D eigenvalue weighted by Gasteiger charge is 2.08. The highest BCUT2D eigenvalue weighted by atomic mass is 79.9. The number of aromatic nitrogens is 1. The van der Waals surface area contributed by atoms with Crippen LogP contribution in [0.15, 0.2) is 34.9 Å². The van der Waals surface area contributed by atoms with Crippen LogP contribution in [0.5, 0.6) is 11.5 Å². The van der Waals surface area contributed by atoms with Gasteiger partial charge in [0.1, 0.15) is 0 Å². The van der Waals surface area contributed by atoms with Crippen LogP contribution in [0.4, 0.5) is 17.2 Å². The SMILES string of the molecule is CCOc1ccc(Nc2ncc(Br)cc2N)cc1OCC. The summed E-state index contributed by atoms with van der Waals surface area (Å²) in [7, 11) is 0. The Balaban J connectivity index is 2.25. The maximum atomic E-state index is 5.93. The van der Waals surface area contributed by atoms with Crippen LogP contribution in [0.2, 0.25) is 0 Å². The molecule has 0 saturated heterocycles. The van der Waals surface area contributed by atoms with Crippen molar-refractivity contribution in [3.05, 3.63) is 34.9 Å². The smallest absolute Gasteiger partial charge is 0.163 e. The third-order valence-corrected chi connectivity index (χ3v) is 3.12. The topological polar surface area (TPSA) is 69.4 Å². The number of pyridine rings is 1. The molecule has 5 nitrogen and oxygen atoms in total. The molecule has 0 aliphatic rings. The summed E-state index contributed by atoms with van der Waals surface area (Å²) < 4.78 is 12.0. The van der Waals surface area contributed by atoms with Gasteiger partial charge in [-0.15, -0.1) is 0 Å². The minimum atomic E-state index is 0.566. The third kappa shape index (κ3) is 4.01. The Bertz CT molecular complexity index is 620. The number of ether oxygens (including phenoxy) is 2. The predicted molar refractivity (Wildman–Crippen MR) is 88.4 cm³/mol. The number of benzene rings is 1. The molecule has 0 unspecified atom stereocenters. The largest absolute Gasteiger partial charge is 0.490 e. The predicted octanol–water partition coefficient (Wildman–Crippen LogP) is 3.97. The second kappa shape index (κ2) is 7.17. The van der Waals surface area contributed by atoms with Crippen molar-refractivity contribution in [3.63, 3.8) is 0 Å². The van der Waals surface area contributed by atoms with Crippen molar-refractivity contribution in [1.29, 1.82) is 0 Å².